The van der Waals surface area contributed by atoms with Gasteiger partial charge >= 0.3 is 0 Å². The van der Waals surface area contributed by atoms with Crippen molar-refractivity contribution in [3.63, 3.8) is 0 Å². The Labute approximate surface area is 149 Å². The van der Waals surface area contributed by atoms with Crippen molar-refractivity contribution < 1.29 is 4.74 Å². The first-order valence-electron chi connectivity index (χ1n) is 8.27. The number of aromatic nitrogens is 3. The topological polar surface area (TPSA) is 72.3 Å². The normalized spacial score (nSPS) is 11.7. The van der Waals surface area contributed by atoms with E-state index >= 15 is 0 Å². The summed E-state index contributed by atoms with van der Waals surface area (Å²) >= 11 is 0. The summed E-state index contributed by atoms with van der Waals surface area (Å²) in [5.41, 5.74) is 3.76. The van der Waals surface area contributed by atoms with E-state index in [1.165, 1.54) is 10.2 Å². The Bertz CT molecular complexity index is 1200. The number of hydrogen-bond donors (Lipinski definition) is 1. The number of nitrogens with one attached hydrogen (secondary N) is 1. The molecule has 0 aliphatic rings. The van der Waals surface area contributed by atoms with E-state index in [1.54, 1.807) is 20.2 Å². The Balaban J connectivity index is 1.87. The van der Waals surface area contributed by atoms with Gasteiger partial charge in [-0.3, -0.25) is 4.79 Å². The molecule has 6 heteroatoms. The van der Waals surface area contributed by atoms with E-state index in [4.69, 9.17) is 4.74 Å². The van der Waals surface area contributed by atoms with Crippen molar-refractivity contribution in [2.75, 3.05) is 7.11 Å². The van der Waals surface area contributed by atoms with E-state index in [1.807, 2.05) is 49.4 Å². The monoisotopic (exact) mass is 346 g/mol. The smallest absolute Gasteiger partial charge is 0.298 e. The quantitative estimate of drug-likeness (QED) is 0.578. The van der Waals surface area contributed by atoms with Crippen LogP contribution >= 0.6 is 0 Å². The van der Waals surface area contributed by atoms with Gasteiger partial charge in [0.25, 0.3) is 5.56 Å². The molecule has 0 amide bonds. The summed E-state index contributed by atoms with van der Waals surface area (Å²) in [4.78, 5) is 20.6. The lowest BCUT2D eigenvalue weighted by Gasteiger charge is -2.03. The van der Waals surface area contributed by atoms with Gasteiger partial charge in [0.2, 0.25) is 0 Å². The fourth-order valence-corrected chi connectivity index (χ4v) is 2.93. The third kappa shape index (κ3) is 2.65. The highest BCUT2D eigenvalue weighted by molar-refractivity contribution is 6.05. The SMILES string of the molecule is COc1ccc2[nH]c3c(=O)n(/N=C/c4ccc(C)cc4)c(C)nc3c2c1. The predicted molar refractivity (Wildman–Crippen MR) is 103 cm³/mol. The van der Waals surface area contributed by atoms with Crippen LogP contribution in [0.4, 0.5) is 0 Å². The van der Waals surface area contributed by atoms with Crippen LogP contribution in [0.15, 0.2) is 52.4 Å². The van der Waals surface area contributed by atoms with Gasteiger partial charge in [0.1, 0.15) is 22.6 Å². The minimum absolute atomic E-state index is 0.231. The molecule has 4 aromatic rings. The lowest BCUT2D eigenvalue weighted by molar-refractivity contribution is 0.415. The Morgan fingerprint density at radius 3 is 2.65 bits per heavy atom. The lowest BCUT2D eigenvalue weighted by Crippen LogP contribution is -2.20. The molecule has 0 radical (unpaired) electrons. The van der Waals surface area contributed by atoms with Gasteiger partial charge < -0.3 is 9.72 Å². The number of benzene rings is 2. The Morgan fingerprint density at radius 1 is 1.15 bits per heavy atom. The molecular formula is C20H18N4O2. The zero-order valence-electron chi connectivity index (χ0n) is 14.8. The highest BCUT2D eigenvalue weighted by atomic mass is 16.5. The highest BCUT2D eigenvalue weighted by Crippen LogP contribution is 2.26. The highest BCUT2D eigenvalue weighted by Gasteiger charge is 2.13. The third-order valence-electron chi connectivity index (χ3n) is 4.36. The second kappa shape index (κ2) is 6.15. The Kier molecular flexibility index (Phi) is 3.80. The molecule has 2 heterocycles. The number of fused-ring (bicyclic) bond motifs is 3. The van der Waals surface area contributed by atoms with Crippen LogP contribution in [0.3, 0.4) is 0 Å². The van der Waals surface area contributed by atoms with E-state index in [0.717, 1.165) is 22.2 Å². The number of nitrogens with zero attached hydrogens (tertiary/aromatic N) is 3. The van der Waals surface area contributed by atoms with Gasteiger partial charge in [-0.2, -0.15) is 9.78 Å². The van der Waals surface area contributed by atoms with Gasteiger partial charge in [-0.1, -0.05) is 29.8 Å². The van der Waals surface area contributed by atoms with Gasteiger partial charge in [0.05, 0.1) is 13.3 Å². The van der Waals surface area contributed by atoms with Crippen LogP contribution < -0.4 is 10.3 Å². The number of aromatic amines is 1. The zero-order chi connectivity index (χ0) is 18.3. The summed E-state index contributed by atoms with van der Waals surface area (Å²) < 4.78 is 6.59. The molecule has 2 aromatic heterocycles. The summed E-state index contributed by atoms with van der Waals surface area (Å²) in [5, 5.41) is 5.19. The van der Waals surface area contributed by atoms with E-state index in [-0.39, 0.29) is 5.56 Å². The number of rotatable bonds is 3. The van der Waals surface area contributed by atoms with Crippen molar-refractivity contribution in [2.45, 2.75) is 13.8 Å². The summed E-state index contributed by atoms with van der Waals surface area (Å²) in [6.07, 6.45) is 1.66. The Hall–Kier alpha value is -3.41. The standard InChI is InChI=1S/C20H18N4O2/c1-12-4-6-14(7-5-12)11-21-24-13(2)22-18-16-10-15(26-3)8-9-17(16)23-19(18)20(24)25/h4-11,23H,1-3H3/b21-11+. The molecule has 130 valence electrons. The van der Waals surface area contributed by atoms with E-state index in [2.05, 4.69) is 15.1 Å². The second-order valence-corrected chi connectivity index (χ2v) is 6.19. The number of methoxy groups -OCH3 is 1. The van der Waals surface area contributed by atoms with Crippen LogP contribution in [0.2, 0.25) is 0 Å². The maximum Gasteiger partial charge on any atom is 0.298 e. The van der Waals surface area contributed by atoms with Crippen LogP contribution in [0.25, 0.3) is 21.9 Å². The molecule has 0 aliphatic carbocycles. The molecule has 0 unspecified atom stereocenters. The van der Waals surface area contributed by atoms with Crippen LogP contribution in [-0.4, -0.2) is 28.0 Å². The average Bonchev–Trinajstić information content (AvgIpc) is 3.01. The fourth-order valence-electron chi connectivity index (χ4n) is 2.93. The summed E-state index contributed by atoms with van der Waals surface area (Å²) in [6.45, 7) is 3.80. The molecule has 2 aromatic carbocycles. The molecule has 0 bridgehead atoms. The van der Waals surface area contributed by atoms with Crippen molar-refractivity contribution in [3.8, 4) is 5.75 Å². The summed E-state index contributed by atoms with van der Waals surface area (Å²) in [5.74, 6) is 1.24. The maximum atomic E-state index is 12.9. The van der Waals surface area contributed by atoms with Crippen molar-refractivity contribution in [1.29, 1.82) is 0 Å². The number of aryl methyl sites for hydroxylation is 2. The van der Waals surface area contributed by atoms with Crippen LogP contribution in [0.5, 0.6) is 5.75 Å². The van der Waals surface area contributed by atoms with Crippen molar-refractivity contribution in [2.24, 2.45) is 5.10 Å². The van der Waals surface area contributed by atoms with Crippen molar-refractivity contribution in [3.05, 3.63) is 69.8 Å². The van der Waals surface area contributed by atoms with Crippen molar-refractivity contribution >= 4 is 28.2 Å². The molecule has 1 N–H and O–H groups in total. The van der Waals surface area contributed by atoms with Gasteiger partial charge in [-0.25, -0.2) is 4.98 Å². The third-order valence-corrected chi connectivity index (χ3v) is 4.36. The average molecular weight is 346 g/mol. The molecule has 0 aliphatic heterocycles. The predicted octanol–water partition coefficient (Wildman–Crippen LogP) is 3.39. The van der Waals surface area contributed by atoms with E-state index in [9.17, 15) is 4.79 Å². The zero-order valence-corrected chi connectivity index (χ0v) is 14.8. The van der Waals surface area contributed by atoms with Gasteiger partial charge in [-0.05, 0) is 37.6 Å². The molecule has 0 atom stereocenters. The first kappa shape index (κ1) is 16.1. The molecule has 0 fully saturated rings. The molecule has 0 spiro atoms. The van der Waals surface area contributed by atoms with Crippen LogP contribution in [0.1, 0.15) is 17.0 Å². The fraction of sp³-hybridized carbons (Fsp3) is 0.150. The largest absolute Gasteiger partial charge is 0.497 e. The molecule has 6 nitrogen and oxygen atoms in total. The van der Waals surface area contributed by atoms with Gasteiger partial charge in [0, 0.05) is 10.9 Å². The molecule has 0 saturated carbocycles. The second-order valence-electron chi connectivity index (χ2n) is 6.19. The maximum absolute atomic E-state index is 12.9. The molecule has 4 rings (SSSR count). The van der Waals surface area contributed by atoms with Gasteiger partial charge in [-0.15, -0.1) is 0 Å². The summed E-state index contributed by atoms with van der Waals surface area (Å²) in [6, 6.07) is 13.5. The molecule has 0 saturated heterocycles. The number of H-pyrrole nitrogens is 1. The minimum atomic E-state index is -0.231. The van der Waals surface area contributed by atoms with Crippen LogP contribution in [0, 0.1) is 13.8 Å². The first-order chi connectivity index (χ1) is 12.6. The van der Waals surface area contributed by atoms with Crippen molar-refractivity contribution in [1.82, 2.24) is 14.6 Å². The number of hydrogen-bond acceptors (Lipinski definition) is 4. The number of ether oxygens (including phenoxy) is 1. The lowest BCUT2D eigenvalue weighted by atomic mass is 10.2. The van der Waals surface area contributed by atoms with E-state index in [0.29, 0.717) is 16.9 Å². The summed E-state index contributed by atoms with van der Waals surface area (Å²) in [7, 11) is 1.61. The molecular weight excluding hydrogens is 328 g/mol. The van der Waals surface area contributed by atoms with Crippen LogP contribution in [-0.2, 0) is 0 Å². The van der Waals surface area contributed by atoms with Gasteiger partial charge in [0.15, 0.2) is 0 Å². The Morgan fingerprint density at radius 2 is 1.92 bits per heavy atom. The minimum Gasteiger partial charge on any atom is -0.497 e. The van der Waals surface area contributed by atoms with E-state index < -0.39 is 0 Å². The first-order valence-corrected chi connectivity index (χ1v) is 8.27. The molecule has 26 heavy (non-hydrogen) atoms.